The maximum absolute atomic E-state index is 12.8. The van der Waals surface area contributed by atoms with E-state index < -0.39 is 17.8 Å². The quantitative estimate of drug-likeness (QED) is 0.890. The number of halogens is 3. The number of carbonyl (C=O) groups excluding carboxylic acids is 1. The zero-order chi connectivity index (χ0) is 19.0. The SMILES string of the molecule is O=C(c1cc(C(F)(F)F)[nH]n1)N1C[C@@H]2CC[C@H]1CN(Cc1ccccn1)C2. The third-order valence-corrected chi connectivity index (χ3v) is 5.26. The van der Waals surface area contributed by atoms with Gasteiger partial charge in [0, 0.05) is 44.5 Å². The standard InChI is InChI=1S/C18H20F3N5O/c19-18(20,21)16-7-15(23-24-16)17(27)26-9-12-4-5-14(26)11-25(8-12)10-13-3-1-2-6-22-13/h1-3,6-7,12,14H,4-5,8-11H2,(H,23,24)/t12-,14+/m1/s1. The Balaban J connectivity index is 1.49. The smallest absolute Gasteiger partial charge is 0.333 e. The molecule has 27 heavy (non-hydrogen) atoms. The van der Waals surface area contributed by atoms with Crippen molar-refractivity contribution >= 4 is 5.91 Å². The molecule has 2 aromatic heterocycles. The van der Waals surface area contributed by atoms with Gasteiger partial charge in [0.05, 0.1) is 5.69 Å². The molecular formula is C18H20F3N5O. The van der Waals surface area contributed by atoms with Crippen molar-refractivity contribution in [3.8, 4) is 0 Å². The van der Waals surface area contributed by atoms with Crippen LogP contribution in [-0.4, -0.2) is 56.6 Å². The van der Waals surface area contributed by atoms with Crippen LogP contribution in [0.25, 0.3) is 0 Å². The van der Waals surface area contributed by atoms with E-state index in [1.165, 1.54) is 0 Å². The highest BCUT2D eigenvalue weighted by atomic mass is 19.4. The van der Waals surface area contributed by atoms with Crippen LogP contribution < -0.4 is 0 Å². The predicted molar refractivity (Wildman–Crippen MR) is 90.7 cm³/mol. The van der Waals surface area contributed by atoms with E-state index in [-0.39, 0.29) is 11.7 Å². The molecule has 3 saturated heterocycles. The summed E-state index contributed by atoms with van der Waals surface area (Å²) in [5.74, 6) is -0.131. The first-order chi connectivity index (χ1) is 12.9. The fraction of sp³-hybridized carbons (Fsp3) is 0.500. The van der Waals surface area contributed by atoms with Gasteiger partial charge >= 0.3 is 6.18 Å². The fourth-order valence-corrected chi connectivity index (χ4v) is 4.00. The zero-order valence-electron chi connectivity index (χ0n) is 14.6. The molecule has 2 aromatic rings. The number of carbonyl (C=O) groups is 1. The van der Waals surface area contributed by atoms with Crippen LogP contribution in [0.2, 0.25) is 0 Å². The molecule has 6 nitrogen and oxygen atoms in total. The predicted octanol–water partition coefficient (Wildman–Crippen LogP) is 2.56. The summed E-state index contributed by atoms with van der Waals surface area (Å²) >= 11 is 0. The van der Waals surface area contributed by atoms with Crippen molar-refractivity contribution < 1.29 is 18.0 Å². The molecule has 3 fully saturated rings. The van der Waals surface area contributed by atoms with Gasteiger partial charge in [0.2, 0.25) is 0 Å². The second-order valence-electron chi connectivity index (χ2n) is 7.23. The number of aromatic nitrogens is 3. The number of amides is 1. The summed E-state index contributed by atoms with van der Waals surface area (Å²) in [5, 5.41) is 5.52. The van der Waals surface area contributed by atoms with Gasteiger partial charge in [-0.3, -0.25) is 19.8 Å². The molecule has 2 atom stereocenters. The summed E-state index contributed by atoms with van der Waals surface area (Å²) in [7, 11) is 0. The molecule has 0 radical (unpaired) electrons. The molecule has 9 heteroatoms. The number of aromatic amines is 1. The lowest BCUT2D eigenvalue weighted by Crippen LogP contribution is -2.47. The molecule has 144 valence electrons. The Morgan fingerprint density at radius 1 is 1.22 bits per heavy atom. The number of hydrogen-bond acceptors (Lipinski definition) is 4. The Labute approximate surface area is 154 Å². The van der Waals surface area contributed by atoms with Gasteiger partial charge in [-0.2, -0.15) is 18.3 Å². The van der Waals surface area contributed by atoms with Crippen molar-refractivity contribution in [3.05, 3.63) is 47.5 Å². The minimum atomic E-state index is -4.54. The summed E-state index contributed by atoms with van der Waals surface area (Å²) in [6.07, 6.45) is -0.913. The number of nitrogens with one attached hydrogen (secondary N) is 1. The second kappa shape index (κ2) is 6.95. The molecule has 1 amide bonds. The Hall–Kier alpha value is -2.42. The molecule has 2 bridgehead atoms. The Bertz CT molecular complexity index is 807. The molecular weight excluding hydrogens is 359 g/mol. The van der Waals surface area contributed by atoms with Crippen molar-refractivity contribution in [3.63, 3.8) is 0 Å². The van der Waals surface area contributed by atoms with Crippen molar-refractivity contribution in [2.75, 3.05) is 19.6 Å². The van der Waals surface area contributed by atoms with Gasteiger partial charge in [-0.1, -0.05) is 6.07 Å². The van der Waals surface area contributed by atoms with E-state index in [1.807, 2.05) is 23.3 Å². The van der Waals surface area contributed by atoms with Gasteiger partial charge in [-0.05, 0) is 30.9 Å². The first-order valence-electron chi connectivity index (χ1n) is 8.96. The lowest BCUT2D eigenvalue weighted by Gasteiger charge is -2.35. The summed E-state index contributed by atoms with van der Waals surface area (Å²) in [5.41, 5.74) is -0.201. The number of nitrogens with zero attached hydrogens (tertiary/aromatic N) is 4. The molecule has 0 aliphatic carbocycles. The number of rotatable bonds is 3. The van der Waals surface area contributed by atoms with Gasteiger partial charge in [0.25, 0.3) is 5.91 Å². The Morgan fingerprint density at radius 2 is 2.07 bits per heavy atom. The van der Waals surface area contributed by atoms with E-state index in [0.29, 0.717) is 25.6 Å². The third kappa shape index (κ3) is 3.83. The molecule has 1 N–H and O–H groups in total. The van der Waals surface area contributed by atoms with Gasteiger partial charge in [0.15, 0.2) is 5.69 Å². The lowest BCUT2D eigenvalue weighted by atomic mass is 9.94. The number of alkyl halides is 3. The number of pyridine rings is 1. The van der Waals surface area contributed by atoms with Gasteiger partial charge in [-0.15, -0.1) is 0 Å². The normalized spacial score (nSPS) is 23.4. The van der Waals surface area contributed by atoms with Gasteiger partial charge in [0.1, 0.15) is 5.69 Å². The van der Waals surface area contributed by atoms with Crippen LogP contribution in [0.3, 0.4) is 0 Å². The third-order valence-electron chi connectivity index (χ3n) is 5.26. The van der Waals surface area contributed by atoms with E-state index >= 15 is 0 Å². The number of fused-ring (bicyclic) bond motifs is 4. The molecule has 5 heterocycles. The Morgan fingerprint density at radius 3 is 2.78 bits per heavy atom. The first kappa shape index (κ1) is 18.0. The largest absolute Gasteiger partial charge is 0.432 e. The number of hydrogen-bond donors (Lipinski definition) is 1. The van der Waals surface area contributed by atoms with Crippen LogP contribution in [0, 0.1) is 5.92 Å². The zero-order valence-corrected chi connectivity index (χ0v) is 14.6. The van der Waals surface area contributed by atoms with E-state index in [1.54, 1.807) is 11.1 Å². The molecule has 5 rings (SSSR count). The highest BCUT2D eigenvalue weighted by Gasteiger charge is 2.39. The summed E-state index contributed by atoms with van der Waals surface area (Å²) in [6.45, 7) is 2.80. The van der Waals surface area contributed by atoms with Crippen LogP contribution >= 0.6 is 0 Å². The topological polar surface area (TPSA) is 65.1 Å². The molecule has 3 aliphatic rings. The van der Waals surface area contributed by atoms with Crippen molar-refractivity contribution in [1.82, 2.24) is 25.0 Å². The van der Waals surface area contributed by atoms with Crippen molar-refractivity contribution in [1.29, 1.82) is 0 Å². The average molecular weight is 379 g/mol. The molecule has 0 unspecified atom stereocenters. The van der Waals surface area contributed by atoms with Gasteiger partial charge < -0.3 is 4.90 Å². The van der Waals surface area contributed by atoms with Crippen LogP contribution in [0.1, 0.15) is 34.7 Å². The summed E-state index contributed by atoms with van der Waals surface area (Å²) in [4.78, 5) is 21.1. The minimum absolute atomic E-state index is 0.0222. The second-order valence-corrected chi connectivity index (χ2v) is 7.23. The van der Waals surface area contributed by atoms with Crippen molar-refractivity contribution in [2.24, 2.45) is 5.92 Å². The molecule has 0 saturated carbocycles. The Kier molecular flexibility index (Phi) is 4.63. The maximum atomic E-state index is 12.8. The molecule has 3 aliphatic heterocycles. The minimum Gasteiger partial charge on any atom is -0.333 e. The number of H-pyrrole nitrogens is 1. The van der Waals surface area contributed by atoms with Crippen LogP contribution in [0.15, 0.2) is 30.5 Å². The van der Waals surface area contributed by atoms with Crippen LogP contribution in [0.5, 0.6) is 0 Å². The fourth-order valence-electron chi connectivity index (χ4n) is 4.00. The monoisotopic (exact) mass is 379 g/mol. The average Bonchev–Trinajstić information content (AvgIpc) is 2.99. The van der Waals surface area contributed by atoms with Crippen molar-refractivity contribution in [2.45, 2.75) is 31.6 Å². The van der Waals surface area contributed by atoms with Gasteiger partial charge in [-0.25, -0.2) is 0 Å². The van der Waals surface area contributed by atoms with E-state index in [2.05, 4.69) is 15.0 Å². The van der Waals surface area contributed by atoms with Crippen LogP contribution in [0.4, 0.5) is 13.2 Å². The summed E-state index contributed by atoms with van der Waals surface area (Å²) < 4.78 is 38.3. The molecule has 0 aromatic carbocycles. The number of piperidine rings is 1. The van der Waals surface area contributed by atoms with E-state index in [9.17, 15) is 18.0 Å². The summed E-state index contributed by atoms with van der Waals surface area (Å²) in [6, 6.07) is 6.56. The highest BCUT2D eigenvalue weighted by molar-refractivity contribution is 5.92. The van der Waals surface area contributed by atoms with E-state index in [0.717, 1.165) is 31.1 Å². The lowest BCUT2D eigenvalue weighted by molar-refractivity contribution is -0.141. The first-order valence-corrected chi connectivity index (χ1v) is 8.96. The maximum Gasteiger partial charge on any atom is 0.432 e. The molecule has 0 spiro atoms. The highest BCUT2D eigenvalue weighted by Crippen LogP contribution is 2.31. The van der Waals surface area contributed by atoms with E-state index in [4.69, 9.17) is 0 Å². The van der Waals surface area contributed by atoms with Crippen LogP contribution in [-0.2, 0) is 12.7 Å².